The SMILES string of the molecule is CC1=CC[N]CC1. The average Bonchev–Trinajstić information content (AvgIpc) is 1.69. The third kappa shape index (κ3) is 1.32. The Bertz CT molecular complexity index is 84.2. The summed E-state index contributed by atoms with van der Waals surface area (Å²) in [7, 11) is 0. The average molecular weight is 96.2 g/mol. The second-order valence-corrected chi connectivity index (χ2v) is 1.93. The fourth-order valence-electron chi connectivity index (χ4n) is 0.669. The van der Waals surface area contributed by atoms with Gasteiger partial charge in [0.05, 0.1) is 0 Å². The molecule has 1 rings (SSSR count). The zero-order chi connectivity index (χ0) is 5.11. The second kappa shape index (κ2) is 2.12. The van der Waals surface area contributed by atoms with Crippen LogP contribution in [-0.2, 0) is 0 Å². The Morgan fingerprint density at radius 3 is 2.86 bits per heavy atom. The molecule has 0 atom stereocenters. The summed E-state index contributed by atoms with van der Waals surface area (Å²) in [5, 5.41) is 4.15. The maximum atomic E-state index is 4.15. The van der Waals surface area contributed by atoms with Gasteiger partial charge in [0.1, 0.15) is 0 Å². The topological polar surface area (TPSA) is 14.1 Å². The zero-order valence-electron chi connectivity index (χ0n) is 4.65. The van der Waals surface area contributed by atoms with Crippen molar-refractivity contribution in [3.05, 3.63) is 11.6 Å². The van der Waals surface area contributed by atoms with E-state index in [0.717, 1.165) is 13.1 Å². The van der Waals surface area contributed by atoms with E-state index >= 15 is 0 Å². The molecule has 0 aliphatic carbocycles. The number of rotatable bonds is 0. The van der Waals surface area contributed by atoms with Crippen molar-refractivity contribution in [1.82, 2.24) is 5.32 Å². The van der Waals surface area contributed by atoms with Gasteiger partial charge in [0.15, 0.2) is 0 Å². The molecule has 0 bridgehead atoms. The molecule has 1 heterocycles. The molecule has 0 fully saturated rings. The Kier molecular flexibility index (Phi) is 1.47. The molecule has 0 N–H and O–H groups in total. The van der Waals surface area contributed by atoms with E-state index in [2.05, 4.69) is 18.3 Å². The van der Waals surface area contributed by atoms with Crippen molar-refractivity contribution in [2.45, 2.75) is 13.3 Å². The highest BCUT2D eigenvalue weighted by atomic mass is 14.8. The Hall–Kier alpha value is -0.300. The molecule has 1 aliphatic heterocycles. The maximum Gasteiger partial charge on any atom is 0.0316 e. The van der Waals surface area contributed by atoms with E-state index < -0.39 is 0 Å². The predicted octanol–water partition coefficient (Wildman–Crippen LogP) is 0.941. The molecule has 0 saturated heterocycles. The molecular formula is C6H10N. The fraction of sp³-hybridized carbons (Fsp3) is 0.667. The van der Waals surface area contributed by atoms with Gasteiger partial charge in [0, 0.05) is 13.1 Å². The highest BCUT2D eigenvalue weighted by molar-refractivity contribution is 5.02. The Morgan fingerprint density at radius 1 is 1.71 bits per heavy atom. The highest BCUT2D eigenvalue weighted by Crippen LogP contribution is 2.01. The molecule has 1 aliphatic rings. The summed E-state index contributed by atoms with van der Waals surface area (Å²) in [4.78, 5) is 0. The van der Waals surface area contributed by atoms with Gasteiger partial charge in [0.2, 0.25) is 0 Å². The molecule has 0 unspecified atom stereocenters. The minimum atomic E-state index is 0.950. The minimum Gasteiger partial charge on any atom is -0.237 e. The quantitative estimate of drug-likeness (QED) is 0.398. The molecule has 0 aromatic rings. The second-order valence-electron chi connectivity index (χ2n) is 1.93. The third-order valence-corrected chi connectivity index (χ3v) is 1.23. The monoisotopic (exact) mass is 96.1 g/mol. The first kappa shape index (κ1) is 4.85. The van der Waals surface area contributed by atoms with E-state index in [-0.39, 0.29) is 0 Å². The van der Waals surface area contributed by atoms with Crippen LogP contribution in [0.2, 0.25) is 0 Å². The van der Waals surface area contributed by atoms with E-state index in [4.69, 9.17) is 0 Å². The Labute approximate surface area is 44.4 Å². The van der Waals surface area contributed by atoms with Gasteiger partial charge in [-0.25, -0.2) is 5.32 Å². The Morgan fingerprint density at radius 2 is 2.57 bits per heavy atom. The number of nitrogens with zero attached hydrogens (tertiary/aromatic N) is 1. The zero-order valence-corrected chi connectivity index (χ0v) is 4.65. The summed E-state index contributed by atoms with van der Waals surface area (Å²) in [6.45, 7) is 4.16. The first-order valence-electron chi connectivity index (χ1n) is 2.68. The van der Waals surface area contributed by atoms with Crippen molar-refractivity contribution in [3.63, 3.8) is 0 Å². The van der Waals surface area contributed by atoms with E-state index in [0.29, 0.717) is 0 Å². The standard InChI is InChI=1S/C6H10N/c1-6-2-4-7-5-3-6/h2H,3-5H2,1H3. The van der Waals surface area contributed by atoms with Gasteiger partial charge in [-0.15, -0.1) is 0 Å². The maximum absolute atomic E-state index is 4.15. The normalized spacial score (nSPS) is 21.6. The molecule has 0 aromatic carbocycles. The highest BCUT2D eigenvalue weighted by Gasteiger charge is 1.95. The van der Waals surface area contributed by atoms with Crippen LogP contribution in [-0.4, -0.2) is 13.1 Å². The molecule has 39 valence electrons. The van der Waals surface area contributed by atoms with Crippen molar-refractivity contribution in [3.8, 4) is 0 Å². The lowest BCUT2D eigenvalue weighted by molar-refractivity contribution is 0.690. The van der Waals surface area contributed by atoms with Crippen LogP contribution in [0.5, 0.6) is 0 Å². The molecular weight excluding hydrogens is 86.1 g/mol. The fourth-order valence-corrected chi connectivity index (χ4v) is 0.669. The van der Waals surface area contributed by atoms with E-state index in [9.17, 15) is 0 Å². The smallest absolute Gasteiger partial charge is 0.0316 e. The van der Waals surface area contributed by atoms with Gasteiger partial charge in [-0.2, -0.15) is 0 Å². The largest absolute Gasteiger partial charge is 0.237 e. The summed E-state index contributed by atoms with van der Waals surface area (Å²) in [5.74, 6) is 0. The van der Waals surface area contributed by atoms with Gasteiger partial charge in [-0.05, 0) is 13.3 Å². The first-order valence-corrected chi connectivity index (χ1v) is 2.68. The predicted molar refractivity (Wildman–Crippen MR) is 30.2 cm³/mol. The van der Waals surface area contributed by atoms with Crippen molar-refractivity contribution >= 4 is 0 Å². The molecule has 1 nitrogen and oxygen atoms in total. The molecule has 0 amide bonds. The number of hydrogen-bond donors (Lipinski definition) is 0. The summed E-state index contributed by atoms with van der Waals surface area (Å²) in [6, 6.07) is 0. The van der Waals surface area contributed by atoms with Gasteiger partial charge in [0.25, 0.3) is 0 Å². The summed E-state index contributed by atoms with van der Waals surface area (Å²) < 4.78 is 0. The summed E-state index contributed by atoms with van der Waals surface area (Å²) in [5.41, 5.74) is 1.50. The summed E-state index contributed by atoms with van der Waals surface area (Å²) in [6.07, 6.45) is 3.36. The first-order chi connectivity index (χ1) is 3.39. The van der Waals surface area contributed by atoms with Crippen LogP contribution in [0, 0.1) is 0 Å². The van der Waals surface area contributed by atoms with Gasteiger partial charge < -0.3 is 0 Å². The lowest BCUT2D eigenvalue weighted by atomic mass is 10.1. The Balaban J connectivity index is 2.40. The third-order valence-electron chi connectivity index (χ3n) is 1.23. The van der Waals surface area contributed by atoms with Crippen molar-refractivity contribution in [2.24, 2.45) is 0 Å². The molecule has 7 heavy (non-hydrogen) atoms. The number of hydrogen-bond acceptors (Lipinski definition) is 0. The van der Waals surface area contributed by atoms with Gasteiger partial charge in [-0.3, -0.25) is 0 Å². The van der Waals surface area contributed by atoms with Crippen LogP contribution in [0.15, 0.2) is 11.6 Å². The van der Waals surface area contributed by atoms with Crippen LogP contribution in [0.1, 0.15) is 13.3 Å². The van der Waals surface area contributed by atoms with E-state index in [1.807, 2.05) is 0 Å². The summed E-state index contributed by atoms with van der Waals surface area (Å²) >= 11 is 0. The van der Waals surface area contributed by atoms with Crippen LogP contribution in [0.3, 0.4) is 0 Å². The van der Waals surface area contributed by atoms with E-state index in [1.165, 1.54) is 12.0 Å². The van der Waals surface area contributed by atoms with Crippen LogP contribution < -0.4 is 5.32 Å². The van der Waals surface area contributed by atoms with Crippen molar-refractivity contribution < 1.29 is 0 Å². The van der Waals surface area contributed by atoms with Gasteiger partial charge >= 0.3 is 0 Å². The molecule has 1 heteroatoms. The van der Waals surface area contributed by atoms with E-state index in [1.54, 1.807) is 0 Å². The minimum absolute atomic E-state index is 0.950. The van der Waals surface area contributed by atoms with Crippen LogP contribution in [0.25, 0.3) is 0 Å². The lowest BCUT2D eigenvalue weighted by Crippen LogP contribution is -2.11. The van der Waals surface area contributed by atoms with Crippen LogP contribution >= 0.6 is 0 Å². The van der Waals surface area contributed by atoms with Crippen molar-refractivity contribution in [2.75, 3.05) is 13.1 Å². The molecule has 0 saturated carbocycles. The van der Waals surface area contributed by atoms with Crippen LogP contribution in [0.4, 0.5) is 0 Å². The molecule has 0 spiro atoms. The van der Waals surface area contributed by atoms with Gasteiger partial charge in [-0.1, -0.05) is 11.6 Å². The lowest BCUT2D eigenvalue weighted by Gasteiger charge is -2.06. The molecule has 1 radical (unpaired) electrons. The molecule has 0 aromatic heterocycles. The van der Waals surface area contributed by atoms with Crippen molar-refractivity contribution in [1.29, 1.82) is 0 Å².